The van der Waals surface area contributed by atoms with Crippen molar-refractivity contribution in [2.75, 3.05) is 13.2 Å². The number of esters is 2. The van der Waals surface area contributed by atoms with E-state index < -0.39 is 0 Å². The molecule has 2 unspecified atom stereocenters. The Morgan fingerprint density at radius 3 is 1.58 bits per heavy atom. The van der Waals surface area contributed by atoms with Crippen LogP contribution in [0.3, 0.4) is 0 Å². The fourth-order valence-electron chi connectivity index (χ4n) is 5.32. The summed E-state index contributed by atoms with van der Waals surface area (Å²) in [5, 5.41) is 0. The Morgan fingerprint density at radius 2 is 1.19 bits per heavy atom. The van der Waals surface area contributed by atoms with E-state index in [-0.39, 0.29) is 30.0 Å². The third kappa shape index (κ3) is 10.8. The summed E-state index contributed by atoms with van der Waals surface area (Å²) in [7, 11) is 0. The van der Waals surface area contributed by atoms with Crippen molar-refractivity contribution in [1.29, 1.82) is 0 Å². The lowest BCUT2D eigenvalue weighted by molar-refractivity contribution is -0.140. The summed E-state index contributed by atoms with van der Waals surface area (Å²) in [5.41, 5.74) is 4.68. The van der Waals surface area contributed by atoms with E-state index in [9.17, 15) is 14.4 Å². The molecule has 0 radical (unpaired) electrons. The highest BCUT2D eigenvalue weighted by Crippen LogP contribution is 2.30. The molecule has 3 aromatic rings. The molecule has 2 aliphatic heterocycles. The molecule has 0 saturated carbocycles. The first-order valence-corrected chi connectivity index (χ1v) is 16.3. The van der Waals surface area contributed by atoms with Crippen LogP contribution in [0, 0.1) is 5.82 Å². The molecule has 5 rings (SSSR count). The van der Waals surface area contributed by atoms with E-state index in [0.29, 0.717) is 48.3 Å². The predicted molar refractivity (Wildman–Crippen MR) is 184 cm³/mol. The number of benzene rings is 3. The lowest BCUT2D eigenvalue weighted by Gasteiger charge is -2.11. The van der Waals surface area contributed by atoms with Gasteiger partial charge in [0.1, 0.15) is 35.8 Å². The van der Waals surface area contributed by atoms with Crippen LogP contribution in [0.1, 0.15) is 58.3 Å². The average molecular weight is 655 g/mol. The van der Waals surface area contributed by atoms with Crippen LogP contribution in [0.15, 0.2) is 103 Å². The molecule has 2 aliphatic rings. The van der Waals surface area contributed by atoms with Crippen LogP contribution in [0.5, 0.6) is 11.5 Å². The van der Waals surface area contributed by atoms with Gasteiger partial charge in [0, 0.05) is 29.6 Å². The van der Waals surface area contributed by atoms with Crippen molar-refractivity contribution in [3.63, 3.8) is 0 Å². The van der Waals surface area contributed by atoms with Gasteiger partial charge in [-0.2, -0.15) is 0 Å². The molecule has 0 N–H and O–H groups in total. The van der Waals surface area contributed by atoms with Crippen LogP contribution in [0.25, 0.3) is 22.3 Å². The van der Waals surface area contributed by atoms with Crippen molar-refractivity contribution in [3.05, 3.63) is 109 Å². The fraction of sp³-hybridized carbons (Fsp3) is 0.325. The first-order valence-electron chi connectivity index (χ1n) is 16.3. The number of aldehydes is 1. The van der Waals surface area contributed by atoms with E-state index in [0.717, 1.165) is 73.0 Å². The van der Waals surface area contributed by atoms with Gasteiger partial charge in [-0.25, -0.2) is 14.0 Å². The van der Waals surface area contributed by atoms with Crippen molar-refractivity contribution in [3.8, 4) is 33.8 Å². The van der Waals surface area contributed by atoms with Crippen LogP contribution in [0.4, 0.5) is 4.39 Å². The number of hydrogen-bond acceptors (Lipinski definition) is 7. The van der Waals surface area contributed by atoms with E-state index in [1.807, 2.05) is 54.6 Å². The molecule has 0 aromatic heterocycles. The summed E-state index contributed by atoms with van der Waals surface area (Å²) in [6, 6.07) is 20.3. The zero-order valence-corrected chi connectivity index (χ0v) is 27.5. The van der Waals surface area contributed by atoms with Gasteiger partial charge >= 0.3 is 11.9 Å². The number of ether oxygens (including phenoxy) is 4. The summed E-state index contributed by atoms with van der Waals surface area (Å²) in [5.74, 6) is 0.634. The van der Waals surface area contributed by atoms with Crippen LogP contribution in [0.2, 0.25) is 0 Å². The quantitative estimate of drug-likeness (QED) is 0.0701. The number of carbonyl (C=O) groups is 3. The van der Waals surface area contributed by atoms with E-state index in [4.69, 9.17) is 18.9 Å². The maximum Gasteiger partial charge on any atom is 0.333 e. The van der Waals surface area contributed by atoms with Crippen molar-refractivity contribution in [2.24, 2.45) is 0 Å². The highest BCUT2D eigenvalue weighted by atomic mass is 19.1. The summed E-state index contributed by atoms with van der Waals surface area (Å²) >= 11 is 0. The zero-order chi connectivity index (χ0) is 34.5. The van der Waals surface area contributed by atoms with Gasteiger partial charge in [0.05, 0.1) is 13.2 Å². The van der Waals surface area contributed by atoms with E-state index in [2.05, 4.69) is 19.7 Å². The van der Waals surface area contributed by atoms with Gasteiger partial charge < -0.3 is 18.9 Å². The van der Waals surface area contributed by atoms with Crippen molar-refractivity contribution in [2.45, 2.75) is 70.5 Å². The third-order valence-corrected chi connectivity index (χ3v) is 7.97. The highest BCUT2D eigenvalue weighted by Gasteiger charge is 2.27. The Morgan fingerprint density at radius 1 is 0.750 bits per heavy atom. The summed E-state index contributed by atoms with van der Waals surface area (Å²) in [6.07, 6.45) is 6.97. The maximum absolute atomic E-state index is 15.1. The molecule has 48 heavy (non-hydrogen) atoms. The second-order valence-electron chi connectivity index (χ2n) is 12.1. The number of rotatable bonds is 15. The smallest absolute Gasteiger partial charge is 0.333 e. The summed E-state index contributed by atoms with van der Waals surface area (Å²) in [6.45, 7) is 13.5. The van der Waals surface area contributed by atoms with Crippen LogP contribution >= 0.6 is 0 Å². The number of cyclic esters (lactones) is 2. The number of allylic oxidation sites excluding steroid dienone is 1. The molecule has 2 saturated heterocycles. The van der Waals surface area contributed by atoms with Gasteiger partial charge in [-0.05, 0) is 98.0 Å². The molecule has 2 heterocycles. The fourth-order valence-corrected chi connectivity index (χ4v) is 5.32. The van der Waals surface area contributed by atoms with Crippen molar-refractivity contribution < 1.29 is 37.7 Å². The van der Waals surface area contributed by atoms with Crippen LogP contribution < -0.4 is 9.47 Å². The monoisotopic (exact) mass is 654 g/mol. The molecule has 3 aromatic carbocycles. The molecule has 2 atom stereocenters. The Bertz CT molecular complexity index is 1580. The number of unbranched alkanes of at least 4 members (excludes halogenated alkanes) is 2. The zero-order valence-electron chi connectivity index (χ0n) is 27.5. The molecule has 0 bridgehead atoms. The minimum Gasteiger partial charge on any atom is -0.494 e. The van der Waals surface area contributed by atoms with Crippen molar-refractivity contribution >= 4 is 18.2 Å². The number of carbonyl (C=O) groups excluding carboxylic acids is 3. The molecule has 0 amide bonds. The molecule has 252 valence electrons. The van der Waals surface area contributed by atoms with Crippen LogP contribution in [-0.4, -0.2) is 43.6 Å². The molecular formula is C40H43FO7. The molecule has 2 fully saturated rings. The SMILES string of the molecule is C=C(C)C=O.C=C1CC(CCCCOc2ccc(-c3ccc(-c4ccc(OCCCCC5CC(=C)C(=O)O5)cc4)c(F)c3)cc2)OC1=O. The Balaban J connectivity index is 0.000000968. The summed E-state index contributed by atoms with van der Waals surface area (Å²) < 4.78 is 37.3. The molecule has 0 spiro atoms. The molecule has 0 aliphatic carbocycles. The molecular weight excluding hydrogens is 611 g/mol. The van der Waals surface area contributed by atoms with Gasteiger partial charge in [0.15, 0.2) is 0 Å². The topological polar surface area (TPSA) is 88.1 Å². The first-order chi connectivity index (χ1) is 23.1. The summed E-state index contributed by atoms with van der Waals surface area (Å²) in [4.78, 5) is 32.2. The average Bonchev–Trinajstić information content (AvgIpc) is 3.58. The number of halogens is 1. The Hall–Kier alpha value is -4.98. The minimum atomic E-state index is -0.293. The van der Waals surface area contributed by atoms with Gasteiger partial charge in [0.25, 0.3) is 0 Å². The lowest BCUT2D eigenvalue weighted by atomic mass is 9.99. The molecule has 8 heteroatoms. The lowest BCUT2D eigenvalue weighted by Crippen LogP contribution is -2.07. The number of hydrogen-bond donors (Lipinski definition) is 0. The second kappa shape index (κ2) is 17.8. The van der Waals surface area contributed by atoms with Gasteiger partial charge in [-0.3, -0.25) is 4.79 Å². The Kier molecular flexibility index (Phi) is 13.3. The highest BCUT2D eigenvalue weighted by molar-refractivity contribution is 5.90. The maximum atomic E-state index is 15.1. The van der Waals surface area contributed by atoms with E-state index >= 15 is 4.39 Å². The first kappa shape index (κ1) is 35.9. The second-order valence-corrected chi connectivity index (χ2v) is 12.1. The standard InChI is InChI=1S/C36H37FO6.C4H6O/c1-24-21-31(42-35(24)38)7-3-5-19-40-29-14-9-26(10-15-29)28-13-18-33(34(37)23-28)27-11-16-30(17-12-27)41-20-6-4-8-32-22-25(2)36(39)43-32;1-4(2)3-5/h9-18,23,31-32H,1-8,19-22H2;3H,1H2,2H3. The van der Waals surface area contributed by atoms with Gasteiger partial charge in [0.2, 0.25) is 0 Å². The predicted octanol–water partition coefficient (Wildman–Crippen LogP) is 8.76. The third-order valence-electron chi connectivity index (χ3n) is 7.97. The van der Waals surface area contributed by atoms with Gasteiger partial charge in [-0.15, -0.1) is 0 Å². The van der Waals surface area contributed by atoms with E-state index in [1.165, 1.54) is 0 Å². The van der Waals surface area contributed by atoms with Crippen LogP contribution in [-0.2, 0) is 23.9 Å². The minimum absolute atomic E-state index is 0.0555. The largest absolute Gasteiger partial charge is 0.494 e. The van der Waals surface area contributed by atoms with Gasteiger partial charge in [-0.1, -0.05) is 56.1 Å². The van der Waals surface area contributed by atoms with Crippen molar-refractivity contribution in [1.82, 2.24) is 0 Å². The molecule has 7 nitrogen and oxygen atoms in total. The Labute approximate surface area is 282 Å². The van der Waals surface area contributed by atoms with E-state index in [1.54, 1.807) is 19.1 Å². The normalized spacial score (nSPS) is 16.9.